The summed E-state index contributed by atoms with van der Waals surface area (Å²) in [6.07, 6.45) is 1.91. The maximum absolute atomic E-state index is 11.4. The molecule has 0 aliphatic carbocycles. The van der Waals surface area contributed by atoms with Gasteiger partial charge in [0, 0.05) is 20.5 Å². The number of likely N-dealkylation sites (N-methyl/N-ethyl adjacent to an activating group) is 1. The normalized spacial score (nSPS) is 12.0. The van der Waals surface area contributed by atoms with Gasteiger partial charge in [-0.1, -0.05) is 38.1 Å². The van der Waals surface area contributed by atoms with Crippen molar-refractivity contribution in [2.24, 2.45) is 0 Å². The molecule has 0 heterocycles. The number of benzene rings is 1. The fourth-order valence-electron chi connectivity index (χ4n) is 1.92. The van der Waals surface area contributed by atoms with E-state index in [0.29, 0.717) is 12.5 Å². The lowest BCUT2D eigenvalue weighted by Crippen LogP contribution is -2.33. The monoisotopic (exact) mass is 261 g/mol. The summed E-state index contributed by atoms with van der Waals surface area (Å²) in [6.45, 7) is 6.27. The Hall–Kier alpha value is -1.64. The summed E-state index contributed by atoms with van der Waals surface area (Å²) in [6, 6.07) is 8.51. The van der Waals surface area contributed by atoms with Crippen molar-refractivity contribution >= 4 is 11.7 Å². The van der Waals surface area contributed by atoms with Gasteiger partial charge in [-0.25, -0.2) is 0 Å². The zero-order valence-electron chi connectivity index (χ0n) is 12.3. The highest BCUT2D eigenvalue weighted by Crippen LogP contribution is 2.18. The van der Waals surface area contributed by atoms with Crippen molar-refractivity contribution in [1.82, 2.24) is 4.90 Å². The molecule has 1 aromatic carbocycles. The Morgan fingerprint density at radius 2 is 1.79 bits per heavy atom. The van der Waals surface area contributed by atoms with Gasteiger partial charge in [0.2, 0.25) is 5.78 Å². The van der Waals surface area contributed by atoms with E-state index in [0.717, 1.165) is 12.8 Å². The molecule has 0 aliphatic rings. The van der Waals surface area contributed by atoms with E-state index >= 15 is 0 Å². The molecule has 0 saturated carbocycles. The quantitative estimate of drug-likeness (QED) is 0.738. The summed E-state index contributed by atoms with van der Waals surface area (Å²) in [5.41, 5.74) is 2.54. The molecular formula is C16H23NO2. The van der Waals surface area contributed by atoms with Crippen LogP contribution in [0.2, 0.25) is 0 Å². The number of hydrogen-bond donors (Lipinski definition) is 0. The number of amides is 1. The van der Waals surface area contributed by atoms with Crippen molar-refractivity contribution in [1.29, 1.82) is 0 Å². The van der Waals surface area contributed by atoms with Gasteiger partial charge in [-0.3, -0.25) is 9.59 Å². The molecule has 1 amide bonds. The molecule has 19 heavy (non-hydrogen) atoms. The first-order valence-corrected chi connectivity index (χ1v) is 6.80. The zero-order valence-corrected chi connectivity index (χ0v) is 12.3. The lowest BCUT2D eigenvalue weighted by molar-refractivity contribution is -0.142. The first-order valence-electron chi connectivity index (χ1n) is 6.80. The second-order valence-electron chi connectivity index (χ2n) is 5.08. The fraction of sp³-hybridized carbons (Fsp3) is 0.500. The van der Waals surface area contributed by atoms with Crippen molar-refractivity contribution in [3.63, 3.8) is 0 Å². The Morgan fingerprint density at radius 1 is 1.21 bits per heavy atom. The predicted molar refractivity (Wildman–Crippen MR) is 77.2 cm³/mol. The Bertz CT molecular complexity index is 437. The molecule has 0 aromatic heterocycles. The molecule has 0 aliphatic heterocycles. The van der Waals surface area contributed by atoms with Gasteiger partial charge in [0.25, 0.3) is 5.91 Å². The third-order valence-corrected chi connectivity index (χ3v) is 3.54. The summed E-state index contributed by atoms with van der Waals surface area (Å²) in [5.74, 6) is -0.248. The van der Waals surface area contributed by atoms with Crippen LogP contribution in [0.5, 0.6) is 0 Å². The van der Waals surface area contributed by atoms with Gasteiger partial charge in [0.05, 0.1) is 0 Å². The topological polar surface area (TPSA) is 37.4 Å². The first kappa shape index (κ1) is 15.4. The van der Waals surface area contributed by atoms with E-state index in [9.17, 15) is 9.59 Å². The number of Topliss-reactive ketones (excluding diaryl/α,β-unsaturated/α-hetero) is 1. The van der Waals surface area contributed by atoms with Crippen molar-refractivity contribution in [3.8, 4) is 0 Å². The SMILES string of the molecule is CCC(C)c1ccc(CCN(C)C(=O)C(C)=O)cc1. The van der Waals surface area contributed by atoms with Crippen molar-refractivity contribution in [2.45, 2.75) is 39.5 Å². The van der Waals surface area contributed by atoms with Crippen LogP contribution in [-0.2, 0) is 16.0 Å². The van der Waals surface area contributed by atoms with E-state index in [4.69, 9.17) is 0 Å². The second kappa shape index (κ2) is 7.07. The summed E-state index contributed by atoms with van der Waals surface area (Å²) < 4.78 is 0. The van der Waals surface area contributed by atoms with Crippen molar-refractivity contribution < 1.29 is 9.59 Å². The molecule has 1 atom stereocenters. The summed E-state index contributed by atoms with van der Waals surface area (Å²) >= 11 is 0. The maximum Gasteiger partial charge on any atom is 0.289 e. The molecule has 104 valence electrons. The van der Waals surface area contributed by atoms with E-state index in [1.54, 1.807) is 7.05 Å². The molecular weight excluding hydrogens is 238 g/mol. The van der Waals surface area contributed by atoms with E-state index in [-0.39, 0.29) is 0 Å². The van der Waals surface area contributed by atoms with Gasteiger partial charge >= 0.3 is 0 Å². The fourth-order valence-corrected chi connectivity index (χ4v) is 1.92. The van der Waals surface area contributed by atoms with Crippen molar-refractivity contribution in [2.75, 3.05) is 13.6 Å². The number of rotatable bonds is 6. The van der Waals surface area contributed by atoms with Gasteiger partial charge in [-0.05, 0) is 29.9 Å². The number of ketones is 1. The Balaban J connectivity index is 2.55. The van der Waals surface area contributed by atoms with Gasteiger partial charge < -0.3 is 4.90 Å². The second-order valence-corrected chi connectivity index (χ2v) is 5.08. The highest BCUT2D eigenvalue weighted by atomic mass is 16.2. The van der Waals surface area contributed by atoms with Crippen LogP contribution < -0.4 is 0 Å². The lowest BCUT2D eigenvalue weighted by atomic mass is 9.97. The third kappa shape index (κ3) is 4.51. The maximum atomic E-state index is 11.4. The number of carbonyl (C=O) groups is 2. The van der Waals surface area contributed by atoms with Crippen LogP contribution in [0.4, 0.5) is 0 Å². The Labute approximate surface area is 115 Å². The minimum Gasteiger partial charge on any atom is -0.339 e. The highest BCUT2D eigenvalue weighted by Gasteiger charge is 2.13. The minimum atomic E-state index is -0.420. The molecule has 3 nitrogen and oxygen atoms in total. The summed E-state index contributed by atoms with van der Waals surface area (Å²) in [5, 5.41) is 0. The van der Waals surface area contributed by atoms with E-state index in [1.807, 2.05) is 0 Å². The zero-order chi connectivity index (χ0) is 14.4. The Morgan fingerprint density at radius 3 is 2.26 bits per heavy atom. The molecule has 0 spiro atoms. The van der Waals surface area contributed by atoms with Crippen LogP contribution in [-0.4, -0.2) is 30.2 Å². The first-order chi connectivity index (χ1) is 8.95. The molecule has 0 N–H and O–H groups in total. The van der Waals surface area contributed by atoms with E-state index in [2.05, 4.69) is 38.1 Å². The van der Waals surface area contributed by atoms with Gasteiger partial charge in [0.1, 0.15) is 0 Å². The van der Waals surface area contributed by atoms with Crippen LogP contribution >= 0.6 is 0 Å². The summed E-state index contributed by atoms with van der Waals surface area (Å²) in [4.78, 5) is 23.9. The van der Waals surface area contributed by atoms with Gasteiger partial charge in [-0.2, -0.15) is 0 Å². The van der Waals surface area contributed by atoms with Gasteiger partial charge in [0.15, 0.2) is 0 Å². The molecule has 1 rings (SSSR count). The predicted octanol–water partition coefficient (Wildman–Crippen LogP) is 2.79. The number of nitrogens with zero attached hydrogens (tertiary/aromatic N) is 1. The van der Waals surface area contributed by atoms with Crippen LogP contribution in [0.1, 0.15) is 44.2 Å². The third-order valence-electron chi connectivity index (χ3n) is 3.54. The van der Waals surface area contributed by atoms with Gasteiger partial charge in [-0.15, -0.1) is 0 Å². The summed E-state index contributed by atoms with van der Waals surface area (Å²) in [7, 11) is 1.66. The molecule has 0 fully saturated rings. The van der Waals surface area contributed by atoms with Crippen LogP contribution in [0.15, 0.2) is 24.3 Å². The van der Waals surface area contributed by atoms with E-state index in [1.165, 1.54) is 23.0 Å². The molecule has 3 heteroatoms. The molecule has 0 saturated heterocycles. The molecule has 0 radical (unpaired) electrons. The van der Waals surface area contributed by atoms with Crippen LogP contribution in [0.3, 0.4) is 0 Å². The molecule has 1 aromatic rings. The van der Waals surface area contributed by atoms with Crippen LogP contribution in [0.25, 0.3) is 0 Å². The molecule has 0 bridgehead atoms. The van der Waals surface area contributed by atoms with E-state index < -0.39 is 11.7 Å². The van der Waals surface area contributed by atoms with Crippen molar-refractivity contribution in [3.05, 3.63) is 35.4 Å². The van der Waals surface area contributed by atoms with Crippen LogP contribution in [0, 0.1) is 0 Å². The largest absolute Gasteiger partial charge is 0.339 e. The molecule has 1 unspecified atom stereocenters. The number of hydrogen-bond acceptors (Lipinski definition) is 2. The average molecular weight is 261 g/mol. The smallest absolute Gasteiger partial charge is 0.289 e. The number of carbonyl (C=O) groups excluding carboxylic acids is 2. The standard InChI is InChI=1S/C16H23NO2/c1-5-12(2)15-8-6-14(7-9-15)10-11-17(4)16(19)13(3)18/h6-9,12H,5,10-11H2,1-4H3. The lowest BCUT2D eigenvalue weighted by Gasteiger charge is -2.15. The highest BCUT2D eigenvalue weighted by molar-refractivity contribution is 6.34. The minimum absolute atomic E-state index is 0.408. The Kier molecular flexibility index (Phi) is 5.74. The average Bonchev–Trinajstić information content (AvgIpc) is 2.43.